The number of alkyl halides is 2. The molecule has 0 saturated carbocycles. The van der Waals surface area contributed by atoms with Gasteiger partial charge in [0.2, 0.25) is 10.0 Å². The third-order valence-electron chi connectivity index (χ3n) is 4.26. The lowest BCUT2D eigenvalue weighted by Crippen LogP contribution is -2.47. The lowest BCUT2D eigenvalue weighted by molar-refractivity contribution is 0.0577. The Hall–Kier alpha value is -1.29. The second kappa shape index (κ2) is 8.88. The van der Waals surface area contributed by atoms with Gasteiger partial charge >= 0.3 is 0 Å². The summed E-state index contributed by atoms with van der Waals surface area (Å²) in [7, 11) is -2.09. The predicted octanol–water partition coefficient (Wildman–Crippen LogP) is 1.62. The van der Waals surface area contributed by atoms with E-state index in [1.165, 1.54) is 24.3 Å². The molecule has 2 rings (SSSR count). The second-order valence-electron chi connectivity index (χ2n) is 6.18. The molecular weight excluding hydrogens is 354 g/mol. The van der Waals surface area contributed by atoms with E-state index in [1.807, 2.05) is 0 Å². The van der Waals surface area contributed by atoms with Crippen molar-refractivity contribution in [1.29, 1.82) is 0 Å². The quantitative estimate of drug-likeness (QED) is 0.683. The van der Waals surface area contributed by atoms with Gasteiger partial charge in [0.25, 0.3) is 6.43 Å². The standard InChI is InChI=1S/C16H24F2N2O4S/c1-23-12-16(6-8-19-9-7-16)11-20-25(21,22)14-4-2-13(3-5-14)24-10-15(17)18/h2-5,15,19-20H,6-12H2,1H3. The average Bonchev–Trinajstić information content (AvgIpc) is 2.60. The van der Waals surface area contributed by atoms with Gasteiger partial charge < -0.3 is 14.8 Å². The monoisotopic (exact) mass is 378 g/mol. The number of halogens is 2. The zero-order valence-electron chi connectivity index (χ0n) is 14.1. The third kappa shape index (κ3) is 5.88. The summed E-state index contributed by atoms with van der Waals surface area (Å²) < 4.78 is 62.0. The Morgan fingerprint density at radius 2 is 1.88 bits per heavy atom. The summed E-state index contributed by atoms with van der Waals surface area (Å²) in [5, 5.41) is 3.25. The normalized spacial score (nSPS) is 17.6. The van der Waals surface area contributed by atoms with Gasteiger partial charge in [-0.05, 0) is 50.2 Å². The van der Waals surface area contributed by atoms with Crippen molar-refractivity contribution in [2.24, 2.45) is 5.41 Å². The van der Waals surface area contributed by atoms with Crippen molar-refractivity contribution in [2.45, 2.75) is 24.2 Å². The van der Waals surface area contributed by atoms with E-state index in [0.29, 0.717) is 6.61 Å². The van der Waals surface area contributed by atoms with Gasteiger partial charge in [0.1, 0.15) is 12.4 Å². The van der Waals surface area contributed by atoms with Crippen molar-refractivity contribution in [3.63, 3.8) is 0 Å². The number of benzene rings is 1. The highest BCUT2D eigenvalue weighted by Crippen LogP contribution is 2.29. The van der Waals surface area contributed by atoms with Crippen molar-refractivity contribution in [1.82, 2.24) is 10.0 Å². The summed E-state index contributed by atoms with van der Waals surface area (Å²) in [5.41, 5.74) is -0.229. The van der Waals surface area contributed by atoms with Crippen molar-refractivity contribution >= 4 is 10.0 Å². The highest BCUT2D eigenvalue weighted by atomic mass is 32.2. The van der Waals surface area contributed by atoms with Crippen LogP contribution in [-0.2, 0) is 14.8 Å². The van der Waals surface area contributed by atoms with Crippen molar-refractivity contribution in [2.75, 3.05) is 40.0 Å². The summed E-state index contributed by atoms with van der Waals surface area (Å²) in [5.74, 6) is 0.202. The number of piperidine rings is 1. The maximum Gasteiger partial charge on any atom is 0.272 e. The molecule has 1 fully saturated rings. The molecule has 0 aliphatic carbocycles. The van der Waals surface area contributed by atoms with E-state index in [-0.39, 0.29) is 22.6 Å². The SMILES string of the molecule is COCC1(CNS(=O)(=O)c2ccc(OCC(F)F)cc2)CCNCC1. The van der Waals surface area contributed by atoms with Crippen molar-refractivity contribution in [3.8, 4) is 5.75 Å². The predicted molar refractivity (Wildman–Crippen MR) is 89.5 cm³/mol. The molecule has 1 aliphatic heterocycles. The van der Waals surface area contributed by atoms with Gasteiger partial charge in [-0.2, -0.15) is 0 Å². The topological polar surface area (TPSA) is 76.7 Å². The largest absolute Gasteiger partial charge is 0.488 e. The number of hydrogen-bond donors (Lipinski definition) is 2. The Balaban J connectivity index is 2.00. The average molecular weight is 378 g/mol. The van der Waals surface area contributed by atoms with Crippen LogP contribution >= 0.6 is 0 Å². The van der Waals surface area contributed by atoms with Crippen LogP contribution in [-0.4, -0.2) is 54.8 Å². The van der Waals surface area contributed by atoms with Gasteiger partial charge in [-0.15, -0.1) is 0 Å². The van der Waals surface area contributed by atoms with Gasteiger partial charge in [0.05, 0.1) is 11.5 Å². The minimum absolute atomic E-state index is 0.0680. The van der Waals surface area contributed by atoms with E-state index in [1.54, 1.807) is 7.11 Å². The third-order valence-corrected chi connectivity index (χ3v) is 5.68. The number of nitrogens with one attached hydrogen (secondary N) is 2. The Morgan fingerprint density at radius 3 is 2.44 bits per heavy atom. The lowest BCUT2D eigenvalue weighted by Gasteiger charge is -2.37. The Bertz CT molecular complexity index is 627. The number of sulfonamides is 1. The van der Waals surface area contributed by atoms with Crippen LogP contribution in [0.2, 0.25) is 0 Å². The van der Waals surface area contributed by atoms with E-state index >= 15 is 0 Å². The molecule has 1 saturated heterocycles. The lowest BCUT2D eigenvalue weighted by atomic mass is 9.80. The van der Waals surface area contributed by atoms with Crippen LogP contribution in [0.15, 0.2) is 29.2 Å². The summed E-state index contributed by atoms with van der Waals surface area (Å²) in [6.45, 7) is 1.69. The van der Waals surface area contributed by atoms with Gasteiger partial charge in [-0.3, -0.25) is 0 Å². The molecule has 2 N–H and O–H groups in total. The second-order valence-corrected chi connectivity index (χ2v) is 7.95. The molecule has 1 aromatic rings. The highest BCUT2D eigenvalue weighted by molar-refractivity contribution is 7.89. The number of methoxy groups -OCH3 is 1. The molecule has 9 heteroatoms. The van der Waals surface area contributed by atoms with E-state index in [0.717, 1.165) is 25.9 Å². The Kier molecular flexibility index (Phi) is 7.12. The first-order valence-corrected chi connectivity index (χ1v) is 9.56. The molecule has 1 aliphatic rings. The van der Waals surface area contributed by atoms with E-state index in [9.17, 15) is 17.2 Å². The number of ether oxygens (including phenoxy) is 2. The van der Waals surface area contributed by atoms with Crippen molar-refractivity contribution < 1.29 is 26.7 Å². The molecule has 142 valence electrons. The molecule has 0 atom stereocenters. The molecule has 0 aromatic heterocycles. The van der Waals surface area contributed by atoms with E-state index in [4.69, 9.17) is 9.47 Å². The van der Waals surface area contributed by atoms with Gasteiger partial charge in [0.15, 0.2) is 0 Å². The molecule has 0 spiro atoms. The minimum atomic E-state index is -3.69. The first-order chi connectivity index (χ1) is 11.9. The van der Waals surface area contributed by atoms with Gasteiger partial charge in [-0.25, -0.2) is 21.9 Å². The van der Waals surface area contributed by atoms with Crippen LogP contribution in [0.25, 0.3) is 0 Å². The number of hydrogen-bond acceptors (Lipinski definition) is 5. The maximum absolute atomic E-state index is 12.5. The summed E-state index contributed by atoms with van der Waals surface area (Å²) in [6, 6.07) is 5.42. The zero-order valence-corrected chi connectivity index (χ0v) is 15.0. The highest BCUT2D eigenvalue weighted by Gasteiger charge is 2.33. The summed E-state index contributed by atoms with van der Waals surface area (Å²) >= 11 is 0. The van der Waals surface area contributed by atoms with Crippen LogP contribution in [0.5, 0.6) is 5.75 Å². The van der Waals surface area contributed by atoms with Crippen LogP contribution in [0, 0.1) is 5.41 Å². The fraction of sp³-hybridized carbons (Fsp3) is 0.625. The smallest absolute Gasteiger partial charge is 0.272 e. The van der Waals surface area contributed by atoms with Crippen LogP contribution < -0.4 is 14.8 Å². The van der Waals surface area contributed by atoms with Gasteiger partial charge in [-0.1, -0.05) is 0 Å². The van der Waals surface area contributed by atoms with Crippen LogP contribution in [0.4, 0.5) is 8.78 Å². The molecule has 0 bridgehead atoms. The maximum atomic E-state index is 12.5. The van der Waals surface area contributed by atoms with E-state index < -0.39 is 23.1 Å². The van der Waals surface area contributed by atoms with E-state index in [2.05, 4.69) is 10.0 Å². The first kappa shape index (κ1) is 20.0. The Labute approximate surface area is 146 Å². The van der Waals surface area contributed by atoms with Gasteiger partial charge in [0, 0.05) is 19.1 Å². The molecule has 1 heterocycles. The fourth-order valence-corrected chi connectivity index (χ4v) is 4.00. The summed E-state index contributed by atoms with van der Waals surface area (Å²) in [6.07, 6.45) is -0.930. The molecule has 0 unspecified atom stereocenters. The van der Waals surface area contributed by atoms with Crippen LogP contribution in [0.1, 0.15) is 12.8 Å². The minimum Gasteiger partial charge on any atom is -0.488 e. The molecule has 1 aromatic carbocycles. The van der Waals surface area contributed by atoms with Crippen LogP contribution in [0.3, 0.4) is 0 Å². The molecule has 6 nitrogen and oxygen atoms in total. The summed E-state index contributed by atoms with van der Waals surface area (Å²) in [4.78, 5) is 0.0680. The first-order valence-electron chi connectivity index (χ1n) is 8.07. The molecule has 0 amide bonds. The number of rotatable bonds is 9. The molecular formula is C16H24F2N2O4S. The fourth-order valence-electron chi connectivity index (χ4n) is 2.84. The van der Waals surface area contributed by atoms with Crippen molar-refractivity contribution in [3.05, 3.63) is 24.3 Å². The molecule has 0 radical (unpaired) electrons. The molecule has 25 heavy (non-hydrogen) atoms. The zero-order chi connectivity index (χ0) is 18.3. The Morgan fingerprint density at radius 1 is 1.24 bits per heavy atom.